The van der Waals surface area contributed by atoms with Crippen LogP contribution < -0.4 is 10.5 Å². The van der Waals surface area contributed by atoms with E-state index in [1.54, 1.807) is 12.1 Å². The SMILES string of the molecule is Cl.NC(CS)CCCCOc1ccc([N+](=O)[O-])cc1. The Bertz CT molecular complexity index is 376. The number of halogens is 1. The fourth-order valence-electron chi connectivity index (χ4n) is 1.45. The number of nitro groups is 1. The molecule has 5 nitrogen and oxygen atoms in total. The van der Waals surface area contributed by atoms with Gasteiger partial charge in [-0.3, -0.25) is 10.1 Å². The molecule has 1 rings (SSSR count). The summed E-state index contributed by atoms with van der Waals surface area (Å²) < 4.78 is 5.47. The van der Waals surface area contributed by atoms with E-state index in [1.807, 2.05) is 0 Å². The molecule has 2 N–H and O–H groups in total. The molecule has 1 unspecified atom stereocenters. The molecule has 0 aliphatic rings. The largest absolute Gasteiger partial charge is 0.494 e. The van der Waals surface area contributed by atoms with E-state index in [1.165, 1.54) is 12.1 Å². The second kappa shape index (κ2) is 9.89. The molecule has 19 heavy (non-hydrogen) atoms. The van der Waals surface area contributed by atoms with Gasteiger partial charge in [0.15, 0.2) is 0 Å². The quantitative estimate of drug-likeness (QED) is 0.335. The van der Waals surface area contributed by atoms with E-state index in [0.29, 0.717) is 18.1 Å². The van der Waals surface area contributed by atoms with Crippen LogP contribution >= 0.6 is 25.0 Å². The van der Waals surface area contributed by atoms with Gasteiger partial charge in [-0.2, -0.15) is 12.6 Å². The molecule has 1 aromatic rings. The Labute approximate surface area is 124 Å². The average Bonchev–Trinajstić information content (AvgIpc) is 2.38. The van der Waals surface area contributed by atoms with E-state index in [-0.39, 0.29) is 24.1 Å². The number of unbranched alkanes of at least 4 members (excludes halogenated alkanes) is 1. The van der Waals surface area contributed by atoms with Crippen LogP contribution in [-0.2, 0) is 0 Å². The Kier molecular flexibility index (Phi) is 9.38. The zero-order chi connectivity index (χ0) is 13.4. The number of thiol groups is 1. The third-order valence-electron chi connectivity index (χ3n) is 2.52. The van der Waals surface area contributed by atoms with Crippen molar-refractivity contribution in [2.45, 2.75) is 25.3 Å². The standard InChI is InChI=1S/C12H18N2O3S.ClH/c13-10(9-18)3-1-2-8-17-12-6-4-11(5-7-12)14(15)16;/h4-7,10,18H,1-3,8-9,13H2;1H. The van der Waals surface area contributed by atoms with Crippen molar-refractivity contribution in [3.63, 3.8) is 0 Å². The predicted molar refractivity (Wildman–Crippen MR) is 81.5 cm³/mol. The van der Waals surface area contributed by atoms with Crippen LogP contribution in [0.3, 0.4) is 0 Å². The number of hydrogen-bond donors (Lipinski definition) is 2. The zero-order valence-electron chi connectivity index (χ0n) is 10.5. The van der Waals surface area contributed by atoms with Gasteiger partial charge >= 0.3 is 0 Å². The van der Waals surface area contributed by atoms with Crippen molar-refractivity contribution in [2.75, 3.05) is 12.4 Å². The van der Waals surface area contributed by atoms with Crippen molar-refractivity contribution in [1.29, 1.82) is 0 Å². The van der Waals surface area contributed by atoms with Crippen molar-refractivity contribution >= 4 is 30.7 Å². The minimum Gasteiger partial charge on any atom is -0.494 e. The molecular weight excluding hydrogens is 288 g/mol. The highest BCUT2D eigenvalue weighted by Gasteiger charge is 2.04. The first-order chi connectivity index (χ1) is 8.63. The highest BCUT2D eigenvalue weighted by Crippen LogP contribution is 2.17. The van der Waals surface area contributed by atoms with Crippen LogP contribution in [0.2, 0.25) is 0 Å². The number of nitrogens with zero attached hydrogens (tertiary/aromatic N) is 1. The second-order valence-corrected chi connectivity index (χ2v) is 4.40. The summed E-state index contributed by atoms with van der Waals surface area (Å²) in [5.41, 5.74) is 5.80. The van der Waals surface area contributed by atoms with Crippen molar-refractivity contribution < 1.29 is 9.66 Å². The van der Waals surface area contributed by atoms with E-state index in [9.17, 15) is 10.1 Å². The monoisotopic (exact) mass is 306 g/mol. The van der Waals surface area contributed by atoms with Gasteiger partial charge in [0.1, 0.15) is 5.75 Å². The Hall–Kier alpha value is -0.980. The molecular formula is C12H19ClN2O3S. The van der Waals surface area contributed by atoms with Crippen molar-refractivity contribution in [3.8, 4) is 5.75 Å². The van der Waals surface area contributed by atoms with Crippen LogP contribution in [0.4, 0.5) is 5.69 Å². The second-order valence-electron chi connectivity index (χ2n) is 4.04. The lowest BCUT2D eigenvalue weighted by atomic mass is 10.1. The first-order valence-corrected chi connectivity index (χ1v) is 6.50. The van der Waals surface area contributed by atoms with Gasteiger partial charge in [0, 0.05) is 23.9 Å². The van der Waals surface area contributed by atoms with E-state index in [4.69, 9.17) is 10.5 Å². The van der Waals surface area contributed by atoms with E-state index in [0.717, 1.165) is 19.3 Å². The molecule has 0 aromatic heterocycles. The van der Waals surface area contributed by atoms with Gasteiger partial charge in [-0.1, -0.05) is 0 Å². The number of rotatable bonds is 8. The lowest BCUT2D eigenvalue weighted by Gasteiger charge is -2.08. The first kappa shape index (κ1) is 18.0. The Morgan fingerprint density at radius 3 is 2.47 bits per heavy atom. The molecule has 0 radical (unpaired) electrons. The van der Waals surface area contributed by atoms with Gasteiger partial charge in [-0.05, 0) is 31.4 Å². The van der Waals surface area contributed by atoms with Crippen LogP contribution in [0.15, 0.2) is 24.3 Å². The zero-order valence-corrected chi connectivity index (χ0v) is 12.2. The van der Waals surface area contributed by atoms with Crippen molar-refractivity contribution in [2.24, 2.45) is 5.73 Å². The topological polar surface area (TPSA) is 78.4 Å². The molecule has 0 saturated carbocycles. The molecule has 1 atom stereocenters. The Balaban J connectivity index is 0.00000324. The van der Waals surface area contributed by atoms with Crippen LogP contribution in [0.25, 0.3) is 0 Å². The number of hydrogen-bond acceptors (Lipinski definition) is 5. The summed E-state index contributed by atoms with van der Waals surface area (Å²) in [4.78, 5) is 10.0. The van der Waals surface area contributed by atoms with Gasteiger partial charge in [-0.15, -0.1) is 12.4 Å². The van der Waals surface area contributed by atoms with Gasteiger partial charge in [0.05, 0.1) is 11.5 Å². The van der Waals surface area contributed by atoms with Crippen LogP contribution in [-0.4, -0.2) is 23.3 Å². The van der Waals surface area contributed by atoms with Gasteiger partial charge in [-0.25, -0.2) is 0 Å². The molecule has 0 fully saturated rings. The Morgan fingerprint density at radius 1 is 1.32 bits per heavy atom. The number of nitro benzene ring substituents is 1. The summed E-state index contributed by atoms with van der Waals surface area (Å²) in [6.07, 6.45) is 2.85. The molecule has 108 valence electrons. The summed E-state index contributed by atoms with van der Waals surface area (Å²) >= 11 is 4.11. The molecule has 0 aliphatic heterocycles. The molecule has 0 amide bonds. The van der Waals surface area contributed by atoms with Gasteiger partial charge in [0.25, 0.3) is 5.69 Å². The minimum atomic E-state index is -0.428. The molecule has 0 heterocycles. The average molecular weight is 307 g/mol. The van der Waals surface area contributed by atoms with E-state index in [2.05, 4.69) is 12.6 Å². The lowest BCUT2D eigenvalue weighted by molar-refractivity contribution is -0.384. The number of ether oxygens (including phenoxy) is 1. The molecule has 0 saturated heterocycles. The molecule has 0 aliphatic carbocycles. The molecule has 1 aromatic carbocycles. The third-order valence-corrected chi connectivity index (χ3v) is 2.99. The maximum absolute atomic E-state index is 10.5. The summed E-state index contributed by atoms with van der Waals surface area (Å²) in [6.45, 7) is 0.594. The van der Waals surface area contributed by atoms with Crippen LogP contribution in [0, 0.1) is 10.1 Å². The molecule has 7 heteroatoms. The lowest BCUT2D eigenvalue weighted by Crippen LogP contribution is -2.21. The van der Waals surface area contributed by atoms with Crippen LogP contribution in [0.1, 0.15) is 19.3 Å². The van der Waals surface area contributed by atoms with E-state index < -0.39 is 4.92 Å². The summed E-state index contributed by atoms with van der Waals surface area (Å²) in [5, 5.41) is 10.5. The summed E-state index contributed by atoms with van der Waals surface area (Å²) in [6, 6.07) is 6.24. The van der Waals surface area contributed by atoms with E-state index >= 15 is 0 Å². The maximum Gasteiger partial charge on any atom is 0.269 e. The van der Waals surface area contributed by atoms with Gasteiger partial charge < -0.3 is 10.5 Å². The van der Waals surface area contributed by atoms with Gasteiger partial charge in [0.2, 0.25) is 0 Å². The maximum atomic E-state index is 10.5. The Morgan fingerprint density at radius 2 is 1.95 bits per heavy atom. The summed E-state index contributed by atoms with van der Waals surface area (Å²) in [7, 11) is 0. The normalized spacial score (nSPS) is 11.5. The first-order valence-electron chi connectivity index (χ1n) is 5.87. The number of non-ortho nitro benzene ring substituents is 1. The number of nitrogens with two attached hydrogens (primary N) is 1. The molecule has 0 spiro atoms. The minimum absolute atomic E-state index is 0. The predicted octanol–water partition coefficient (Wildman–Crippen LogP) is 2.82. The van der Waals surface area contributed by atoms with Crippen molar-refractivity contribution in [1.82, 2.24) is 0 Å². The highest BCUT2D eigenvalue weighted by molar-refractivity contribution is 7.80. The third kappa shape index (κ3) is 7.25. The summed E-state index contributed by atoms with van der Waals surface area (Å²) in [5.74, 6) is 1.35. The number of benzene rings is 1. The smallest absolute Gasteiger partial charge is 0.269 e. The van der Waals surface area contributed by atoms with Crippen molar-refractivity contribution in [3.05, 3.63) is 34.4 Å². The van der Waals surface area contributed by atoms with Crippen LogP contribution in [0.5, 0.6) is 5.75 Å². The highest BCUT2D eigenvalue weighted by atomic mass is 35.5. The fourth-order valence-corrected chi connectivity index (χ4v) is 1.64. The fraction of sp³-hybridized carbons (Fsp3) is 0.500. The molecule has 0 bridgehead atoms.